The summed E-state index contributed by atoms with van der Waals surface area (Å²) < 4.78 is 11.1. The molecule has 4 rings (SSSR count). The van der Waals surface area contributed by atoms with Crippen LogP contribution in [0.15, 0.2) is 65.1 Å². The summed E-state index contributed by atoms with van der Waals surface area (Å²) in [5.74, 6) is 0.184. The normalized spacial score (nSPS) is 14.9. The van der Waals surface area contributed by atoms with Crippen molar-refractivity contribution >= 4 is 28.2 Å². The molecule has 1 aliphatic heterocycles. The second-order valence-electron chi connectivity index (χ2n) is 7.02. The monoisotopic (exact) mass is 389 g/mol. The minimum absolute atomic E-state index is 0.0115. The number of benzene rings is 2. The summed E-state index contributed by atoms with van der Waals surface area (Å²) in [6.07, 6.45) is 2.44. The SMILES string of the molecule is CC/C(=C\C(=O)N1CCOCC1)c1ccc2oc(C(=O)c3ccccc3)cc2c1. The van der Waals surface area contributed by atoms with Gasteiger partial charge in [0, 0.05) is 30.1 Å². The van der Waals surface area contributed by atoms with Crippen LogP contribution in [-0.2, 0) is 9.53 Å². The first-order valence-corrected chi connectivity index (χ1v) is 9.86. The molecule has 2 heterocycles. The fourth-order valence-electron chi connectivity index (χ4n) is 3.50. The maximum atomic E-state index is 12.6. The molecule has 0 unspecified atom stereocenters. The van der Waals surface area contributed by atoms with Crippen LogP contribution in [0.2, 0.25) is 0 Å². The minimum atomic E-state index is -0.142. The molecule has 2 aromatic carbocycles. The lowest BCUT2D eigenvalue weighted by Crippen LogP contribution is -2.39. The maximum Gasteiger partial charge on any atom is 0.247 e. The Balaban J connectivity index is 1.61. The van der Waals surface area contributed by atoms with E-state index in [0.29, 0.717) is 43.2 Å². The van der Waals surface area contributed by atoms with E-state index in [1.807, 2.05) is 48.2 Å². The van der Waals surface area contributed by atoms with Gasteiger partial charge in [0.2, 0.25) is 11.7 Å². The van der Waals surface area contributed by atoms with E-state index in [2.05, 4.69) is 0 Å². The van der Waals surface area contributed by atoms with Crippen molar-refractivity contribution in [2.75, 3.05) is 26.3 Å². The summed E-state index contributed by atoms with van der Waals surface area (Å²) in [4.78, 5) is 27.0. The van der Waals surface area contributed by atoms with E-state index in [9.17, 15) is 9.59 Å². The van der Waals surface area contributed by atoms with Gasteiger partial charge in [-0.2, -0.15) is 0 Å². The predicted octanol–water partition coefficient (Wildman–Crippen LogP) is 4.32. The molecule has 0 bridgehead atoms. The first-order chi connectivity index (χ1) is 14.2. The Hall–Kier alpha value is -3.18. The largest absolute Gasteiger partial charge is 0.453 e. The zero-order valence-electron chi connectivity index (χ0n) is 16.4. The van der Waals surface area contributed by atoms with E-state index in [4.69, 9.17) is 9.15 Å². The second-order valence-corrected chi connectivity index (χ2v) is 7.02. The van der Waals surface area contributed by atoms with Gasteiger partial charge in [-0.05, 0) is 35.8 Å². The van der Waals surface area contributed by atoms with Crippen molar-refractivity contribution in [1.82, 2.24) is 4.90 Å². The van der Waals surface area contributed by atoms with Crippen molar-refractivity contribution in [3.8, 4) is 0 Å². The summed E-state index contributed by atoms with van der Waals surface area (Å²) in [6, 6.07) is 16.6. The van der Waals surface area contributed by atoms with Gasteiger partial charge in [-0.1, -0.05) is 43.3 Å². The molecule has 0 atom stereocenters. The highest BCUT2D eigenvalue weighted by Gasteiger charge is 2.17. The molecule has 0 saturated carbocycles. The average molecular weight is 389 g/mol. The molecule has 1 saturated heterocycles. The molecular formula is C24H23NO4. The Morgan fingerprint density at radius 2 is 1.76 bits per heavy atom. The number of hydrogen-bond acceptors (Lipinski definition) is 4. The molecule has 29 heavy (non-hydrogen) atoms. The Bertz CT molecular complexity index is 1060. The molecule has 0 spiro atoms. The number of morpholine rings is 1. The smallest absolute Gasteiger partial charge is 0.247 e. The van der Waals surface area contributed by atoms with Crippen LogP contribution in [0.3, 0.4) is 0 Å². The number of carbonyl (C=O) groups excluding carboxylic acids is 2. The molecule has 0 aliphatic carbocycles. The lowest BCUT2D eigenvalue weighted by atomic mass is 10.0. The van der Waals surface area contributed by atoms with Crippen molar-refractivity contribution in [3.05, 3.63) is 77.6 Å². The van der Waals surface area contributed by atoms with Crippen molar-refractivity contribution in [3.63, 3.8) is 0 Å². The molecule has 1 fully saturated rings. The maximum absolute atomic E-state index is 12.6. The summed E-state index contributed by atoms with van der Waals surface area (Å²) in [7, 11) is 0. The fourth-order valence-corrected chi connectivity index (χ4v) is 3.50. The average Bonchev–Trinajstić information content (AvgIpc) is 3.21. The third-order valence-electron chi connectivity index (χ3n) is 5.15. The standard InChI is InChI=1S/C24H23NO4/c1-2-17(16-23(26)25-10-12-28-13-11-25)19-8-9-21-20(14-19)15-22(29-21)24(27)18-6-4-3-5-7-18/h3-9,14-16H,2,10-13H2,1H3/b17-16+. The van der Waals surface area contributed by atoms with Crippen molar-refractivity contribution in [2.45, 2.75) is 13.3 Å². The molecule has 5 heteroatoms. The van der Waals surface area contributed by atoms with Crippen LogP contribution in [0.1, 0.15) is 35.0 Å². The summed E-state index contributed by atoms with van der Waals surface area (Å²) in [5.41, 5.74) is 3.17. The fraction of sp³-hybridized carbons (Fsp3) is 0.250. The molecule has 1 amide bonds. The Morgan fingerprint density at radius 3 is 2.48 bits per heavy atom. The number of furan rings is 1. The van der Waals surface area contributed by atoms with Gasteiger partial charge in [-0.25, -0.2) is 0 Å². The summed E-state index contributed by atoms with van der Waals surface area (Å²) >= 11 is 0. The Kier molecular flexibility index (Phi) is 5.58. The predicted molar refractivity (Wildman–Crippen MR) is 112 cm³/mol. The second kappa shape index (κ2) is 8.45. The Labute approximate surface area is 169 Å². The molecular weight excluding hydrogens is 366 g/mol. The van der Waals surface area contributed by atoms with Gasteiger partial charge in [0.05, 0.1) is 13.2 Å². The highest BCUT2D eigenvalue weighted by Crippen LogP contribution is 2.27. The van der Waals surface area contributed by atoms with Gasteiger partial charge in [0.1, 0.15) is 5.58 Å². The zero-order chi connectivity index (χ0) is 20.2. The molecule has 1 aliphatic rings. The third kappa shape index (κ3) is 4.15. The summed E-state index contributed by atoms with van der Waals surface area (Å²) in [6.45, 7) is 4.44. The highest BCUT2D eigenvalue weighted by atomic mass is 16.5. The van der Waals surface area contributed by atoms with Gasteiger partial charge in [0.25, 0.3) is 0 Å². The van der Waals surface area contributed by atoms with E-state index in [-0.39, 0.29) is 11.7 Å². The number of carbonyl (C=O) groups is 2. The number of hydrogen-bond donors (Lipinski definition) is 0. The van der Waals surface area contributed by atoms with Gasteiger partial charge in [-0.3, -0.25) is 9.59 Å². The minimum Gasteiger partial charge on any atom is -0.453 e. The van der Waals surface area contributed by atoms with Crippen LogP contribution in [-0.4, -0.2) is 42.9 Å². The van der Waals surface area contributed by atoms with Crippen LogP contribution >= 0.6 is 0 Å². The number of amides is 1. The Morgan fingerprint density at radius 1 is 1.00 bits per heavy atom. The number of fused-ring (bicyclic) bond motifs is 1. The molecule has 148 valence electrons. The van der Waals surface area contributed by atoms with Crippen LogP contribution in [0, 0.1) is 0 Å². The van der Waals surface area contributed by atoms with Gasteiger partial charge in [-0.15, -0.1) is 0 Å². The van der Waals surface area contributed by atoms with Crippen LogP contribution in [0.25, 0.3) is 16.5 Å². The zero-order valence-corrected chi connectivity index (χ0v) is 16.4. The first kappa shape index (κ1) is 19.2. The van der Waals surface area contributed by atoms with Crippen LogP contribution in [0.4, 0.5) is 0 Å². The van der Waals surface area contributed by atoms with Gasteiger partial charge >= 0.3 is 0 Å². The van der Waals surface area contributed by atoms with Crippen LogP contribution < -0.4 is 0 Å². The lowest BCUT2D eigenvalue weighted by molar-refractivity contribution is -0.129. The topological polar surface area (TPSA) is 59.8 Å². The number of allylic oxidation sites excluding steroid dienone is 1. The first-order valence-electron chi connectivity index (χ1n) is 9.86. The van der Waals surface area contributed by atoms with E-state index < -0.39 is 0 Å². The summed E-state index contributed by atoms with van der Waals surface area (Å²) in [5, 5.41) is 0.847. The number of nitrogens with zero attached hydrogens (tertiary/aromatic N) is 1. The van der Waals surface area contributed by atoms with Gasteiger partial charge < -0.3 is 14.1 Å². The quantitative estimate of drug-likeness (QED) is 0.482. The highest BCUT2D eigenvalue weighted by molar-refractivity contribution is 6.09. The molecule has 0 radical (unpaired) electrons. The molecule has 5 nitrogen and oxygen atoms in total. The number of ketones is 1. The molecule has 0 N–H and O–H groups in total. The van der Waals surface area contributed by atoms with Crippen molar-refractivity contribution in [2.24, 2.45) is 0 Å². The van der Waals surface area contributed by atoms with Crippen LogP contribution in [0.5, 0.6) is 0 Å². The van der Waals surface area contributed by atoms with E-state index in [1.165, 1.54) is 0 Å². The number of rotatable bonds is 5. The van der Waals surface area contributed by atoms with E-state index in [0.717, 1.165) is 22.9 Å². The van der Waals surface area contributed by atoms with E-state index in [1.54, 1.807) is 24.3 Å². The van der Waals surface area contributed by atoms with Crippen molar-refractivity contribution in [1.29, 1.82) is 0 Å². The molecule has 1 aromatic heterocycles. The van der Waals surface area contributed by atoms with E-state index >= 15 is 0 Å². The van der Waals surface area contributed by atoms with Crippen molar-refractivity contribution < 1.29 is 18.7 Å². The van der Waals surface area contributed by atoms with Gasteiger partial charge in [0.15, 0.2) is 5.76 Å². The molecule has 3 aromatic rings. The number of ether oxygens (including phenoxy) is 1. The third-order valence-corrected chi connectivity index (χ3v) is 5.15. The lowest BCUT2D eigenvalue weighted by Gasteiger charge is -2.26.